The van der Waals surface area contributed by atoms with Crippen molar-refractivity contribution < 1.29 is 14.3 Å². The third kappa shape index (κ3) is 4.03. The fraction of sp³-hybridized carbons (Fsp3) is 0.188. The molecule has 0 spiro atoms. The van der Waals surface area contributed by atoms with E-state index in [4.69, 9.17) is 11.6 Å². The number of carbonyl (C=O) groups is 1. The Labute approximate surface area is 127 Å². The second-order valence-corrected chi connectivity index (χ2v) is 5.17. The van der Waals surface area contributed by atoms with E-state index < -0.39 is 11.9 Å². The maximum atomic E-state index is 13.3. The highest BCUT2D eigenvalue weighted by Crippen LogP contribution is 2.20. The molecule has 5 heteroatoms. The molecule has 0 saturated heterocycles. The van der Waals surface area contributed by atoms with Gasteiger partial charge >= 0.3 is 0 Å². The van der Waals surface area contributed by atoms with Crippen molar-refractivity contribution in [1.82, 2.24) is 5.32 Å². The number of carbonyl (C=O) groups excluding carboxylic acids is 1. The van der Waals surface area contributed by atoms with Crippen LogP contribution in [-0.4, -0.2) is 17.6 Å². The molecule has 21 heavy (non-hydrogen) atoms. The minimum atomic E-state index is -0.994. The van der Waals surface area contributed by atoms with Crippen molar-refractivity contribution in [2.75, 3.05) is 6.54 Å². The predicted octanol–water partition coefficient (Wildman–Crippen LogP) is 3.25. The minimum absolute atomic E-state index is 0.00496. The molecule has 2 N–H and O–H groups in total. The maximum absolute atomic E-state index is 13.3. The number of nitrogens with one attached hydrogen (secondary N) is 1. The number of aliphatic hydroxyl groups excluding tert-OH is 1. The number of amides is 1. The van der Waals surface area contributed by atoms with Crippen molar-refractivity contribution in [3.63, 3.8) is 0 Å². The molecule has 2 rings (SSSR count). The zero-order chi connectivity index (χ0) is 15.4. The molecule has 0 saturated carbocycles. The average Bonchev–Trinajstić information content (AvgIpc) is 2.48. The van der Waals surface area contributed by atoms with E-state index in [1.54, 1.807) is 12.1 Å². The maximum Gasteiger partial charge on any atom is 0.251 e. The molecule has 1 unspecified atom stereocenters. The lowest BCUT2D eigenvalue weighted by atomic mass is 10.1. The normalized spacial score (nSPS) is 12.0. The lowest BCUT2D eigenvalue weighted by Crippen LogP contribution is -2.28. The zero-order valence-electron chi connectivity index (χ0n) is 11.4. The van der Waals surface area contributed by atoms with Gasteiger partial charge in [0.05, 0.1) is 11.1 Å². The first-order valence-corrected chi connectivity index (χ1v) is 6.83. The van der Waals surface area contributed by atoms with Gasteiger partial charge in [-0.05, 0) is 36.8 Å². The van der Waals surface area contributed by atoms with Gasteiger partial charge in [0.25, 0.3) is 5.91 Å². The lowest BCUT2D eigenvalue weighted by Gasteiger charge is -2.13. The monoisotopic (exact) mass is 307 g/mol. The molecule has 2 aromatic rings. The van der Waals surface area contributed by atoms with Gasteiger partial charge < -0.3 is 10.4 Å². The number of aryl methyl sites for hydroxylation is 1. The summed E-state index contributed by atoms with van der Waals surface area (Å²) < 4.78 is 13.3. The second kappa shape index (κ2) is 6.70. The van der Waals surface area contributed by atoms with Gasteiger partial charge in [-0.15, -0.1) is 0 Å². The van der Waals surface area contributed by atoms with Crippen LogP contribution in [0.15, 0.2) is 42.5 Å². The third-order valence-corrected chi connectivity index (χ3v) is 3.40. The summed E-state index contributed by atoms with van der Waals surface area (Å²) in [4.78, 5) is 11.9. The van der Waals surface area contributed by atoms with Crippen LogP contribution in [-0.2, 0) is 0 Å². The number of aliphatic hydroxyl groups is 1. The highest BCUT2D eigenvalue weighted by molar-refractivity contribution is 6.30. The first-order chi connectivity index (χ1) is 9.97. The summed E-state index contributed by atoms with van der Waals surface area (Å²) in [7, 11) is 0. The quantitative estimate of drug-likeness (QED) is 0.911. The summed E-state index contributed by atoms with van der Waals surface area (Å²) in [6.45, 7) is 1.92. The van der Waals surface area contributed by atoms with Crippen LogP contribution in [0.1, 0.15) is 27.6 Å². The van der Waals surface area contributed by atoms with Gasteiger partial charge in [0.2, 0.25) is 0 Å². The Hall–Kier alpha value is -1.91. The van der Waals surface area contributed by atoms with E-state index in [0.29, 0.717) is 11.1 Å². The number of halogens is 2. The van der Waals surface area contributed by atoms with Crippen LogP contribution in [0.25, 0.3) is 0 Å². The Morgan fingerprint density at radius 2 is 1.95 bits per heavy atom. The highest BCUT2D eigenvalue weighted by atomic mass is 35.5. The van der Waals surface area contributed by atoms with E-state index in [1.807, 2.05) is 19.1 Å². The van der Waals surface area contributed by atoms with Gasteiger partial charge in [-0.1, -0.05) is 35.4 Å². The van der Waals surface area contributed by atoms with Crippen LogP contribution >= 0.6 is 11.6 Å². The Morgan fingerprint density at radius 3 is 2.57 bits per heavy atom. The molecule has 0 aliphatic carbocycles. The Balaban J connectivity index is 1.97. The summed E-state index contributed by atoms with van der Waals surface area (Å²) in [5, 5.41) is 12.6. The van der Waals surface area contributed by atoms with Crippen molar-refractivity contribution in [2.45, 2.75) is 13.0 Å². The van der Waals surface area contributed by atoms with E-state index in [9.17, 15) is 14.3 Å². The first-order valence-electron chi connectivity index (χ1n) is 6.45. The van der Waals surface area contributed by atoms with Gasteiger partial charge in [0, 0.05) is 12.1 Å². The van der Waals surface area contributed by atoms with E-state index in [1.165, 1.54) is 12.1 Å². The van der Waals surface area contributed by atoms with Crippen LogP contribution in [0.5, 0.6) is 0 Å². The summed E-state index contributed by atoms with van der Waals surface area (Å²) in [5.74, 6) is -0.887. The molecule has 1 amide bonds. The smallest absolute Gasteiger partial charge is 0.251 e. The molecule has 3 nitrogen and oxygen atoms in total. The average molecular weight is 308 g/mol. The molecule has 0 aliphatic heterocycles. The van der Waals surface area contributed by atoms with Gasteiger partial charge in [0.15, 0.2) is 0 Å². The zero-order valence-corrected chi connectivity index (χ0v) is 12.2. The van der Waals surface area contributed by atoms with Crippen LogP contribution in [0, 0.1) is 12.7 Å². The molecule has 0 heterocycles. The van der Waals surface area contributed by atoms with Gasteiger partial charge in [0.1, 0.15) is 5.82 Å². The Bertz CT molecular complexity index is 643. The molecule has 0 fully saturated rings. The van der Waals surface area contributed by atoms with Crippen molar-refractivity contribution in [1.29, 1.82) is 0 Å². The molecule has 0 bridgehead atoms. The summed E-state index contributed by atoms with van der Waals surface area (Å²) in [6.07, 6.45) is -0.994. The fourth-order valence-electron chi connectivity index (χ4n) is 1.83. The molecule has 2 aromatic carbocycles. The number of hydrogen-bond donors (Lipinski definition) is 2. The van der Waals surface area contributed by atoms with E-state index in [-0.39, 0.29) is 17.5 Å². The van der Waals surface area contributed by atoms with Gasteiger partial charge in [-0.25, -0.2) is 4.39 Å². The van der Waals surface area contributed by atoms with Crippen molar-refractivity contribution in [3.8, 4) is 0 Å². The standard InChI is InChI=1S/C16H15ClFNO2/c1-10-2-4-11(5-3-10)16(21)19-9-15(20)12-6-7-13(17)14(18)8-12/h2-8,15,20H,9H2,1H3,(H,19,21). The molecule has 0 aliphatic rings. The summed E-state index contributed by atoms with van der Waals surface area (Å²) >= 11 is 5.58. The second-order valence-electron chi connectivity index (χ2n) is 4.77. The predicted molar refractivity (Wildman–Crippen MR) is 79.9 cm³/mol. The molecule has 0 aromatic heterocycles. The minimum Gasteiger partial charge on any atom is -0.387 e. The summed E-state index contributed by atoms with van der Waals surface area (Å²) in [5.41, 5.74) is 1.93. The first kappa shape index (κ1) is 15.5. The third-order valence-electron chi connectivity index (χ3n) is 3.10. The van der Waals surface area contributed by atoms with Gasteiger partial charge in [-0.2, -0.15) is 0 Å². The largest absolute Gasteiger partial charge is 0.387 e. The van der Waals surface area contributed by atoms with E-state index >= 15 is 0 Å². The van der Waals surface area contributed by atoms with Crippen LogP contribution in [0.4, 0.5) is 4.39 Å². The van der Waals surface area contributed by atoms with E-state index in [0.717, 1.165) is 11.6 Å². The number of rotatable bonds is 4. The van der Waals surface area contributed by atoms with Crippen LogP contribution in [0.3, 0.4) is 0 Å². The highest BCUT2D eigenvalue weighted by Gasteiger charge is 2.12. The molecule has 0 radical (unpaired) electrons. The van der Waals surface area contributed by atoms with Crippen molar-refractivity contribution in [2.24, 2.45) is 0 Å². The van der Waals surface area contributed by atoms with Crippen molar-refractivity contribution in [3.05, 3.63) is 70.0 Å². The molecule has 110 valence electrons. The molecular weight excluding hydrogens is 293 g/mol. The van der Waals surface area contributed by atoms with Crippen LogP contribution in [0.2, 0.25) is 5.02 Å². The lowest BCUT2D eigenvalue weighted by molar-refractivity contribution is 0.0916. The molecule has 1 atom stereocenters. The van der Waals surface area contributed by atoms with Crippen LogP contribution < -0.4 is 5.32 Å². The SMILES string of the molecule is Cc1ccc(C(=O)NCC(O)c2ccc(Cl)c(F)c2)cc1. The van der Waals surface area contributed by atoms with Crippen molar-refractivity contribution >= 4 is 17.5 Å². The van der Waals surface area contributed by atoms with Gasteiger partial charge in [-0.3, -0.25) is 4.79 Å². The summed E-state index contributed by atoms with van der Waals surface area (Å²) in [6, 6.07) is 11.1. The Kier molecular flexibility index (Phi) is 4.94. The number of hydrogen-bond acceptors (Lipinski definition) is 2. The fourth-order valence-corrected chi connectivity index (χ4v) is 1.95. The number of benzene rings is 2. The molecular formula is C16H15ClFNO2. The Morgan fingerprint density at radius 1 is 1.29 bits per heavy atom. The topological polar surface area (TPSA) is 49.3 Å². The van der Waals surface area contributed by atoms with E-state index in [2.05, 4.69) is 5.32 Å².